The molecule has 2 N–H and O–H groups in total. The molecule has 0 amide bonds. The summed E-state index contributed by atoms with van der Waals surface area (Å²) < 4.78 is 5.72. The van der Waals surface area contributed by atoms with Crippen molar-refractivity contribution in [3.8, 4) is 11.6 Å². The zero-order valence-corrected chi connectivity index (χ0v) is 17.9. The van der Waals surface area contributed by atoms with Crippen molar-refractivity contribution in [2.24, 2.45) is 0 Å². The third-order valence-corrected chi connectivity index (χ3v) is 5.16. The van der Waals surface area contributed by atoms with Gasteiger partial charge in [0.15, 0.2) is 5.11 Å². The number of halogens is 1. The average Bonchev–Trinajstić information content (AvgIpc) is 3.28. The molecule has 2 heterocycles. The van der Waals surface area contributed by atoms with Crippen LogP contribution in [-0.4, -0.2) is 28.2 Å². The van der Waals surface area contributed by atoms with Crippen LogP contribution >= 0.6 is 23.8 Å². The molecule has 0 bridgehead atoms. The van der Waals surface area contributed by atoms with Gasteiger partial charge in [-0.05, 0) is 54.9 Å². The quantitative estimate of drug-likeness (QED) is 0.413. The third kappa shape index (κ3) is 5.58. The van der Waals surface area contributed by atoms with E-state index in [2.05, 4.69) is 49.8 Å². The lowest BCUT2D eigenvalue weighted by molar-refractivity contribution is 0.462. The van der Waals surface area contributed by atoms with Crippen molar-refractivity contribution < 1.29 is 4.74 Å². The van der Waals surface area contributed by atoms with Crippen LogP contribution in [0, 0.1) is 0 Å². The minimum absolute atomic E-state index is 0.263. The van der Waals surface area contributed by atoms with Crippen molar-refractivity contribution in [3.63, 3.8) is 0 Å². The topological polar surface area (TPSA) is 62.3 Å². The van der Waals surface area contributed by atoms with Crippen LogP contribution in [0.25, 0.3) is 0 Å². The standard InChI is InChI=1S/C22H22ClN5OS/c23-19-14-20(29-18-6-2-1-3-7-18)26-21(25-19)27-22(30)24-15-16-8-10-17(11-9-16)28-12-4-5-13-28/h1-3,6-11,14H,4-5,12-13,15H2,(H2,24,25,26,27,30). The predicted octanol–water partition coefficient (Wildman–Crippen LogP) is 5.01. The summed E-state index contributed by atoms with van der Waals surface area (Å²) in [6.45, 7) is 2.88. The Morgan fingerprint density at radius 3 is 2.50 bits per heavy atom. The van der Waals surface area contributed by atoms with Crippen molar-refractivity contribution in [1.82, 2.24) is 15.3 Å². The normalized spacial score (nSPS) is 13.2. The molecule has 2 aromatic carbocycles. The second kappa shape index (κ2) is 9.73. The summed E-state index contributed by atoms with van der Waals surface area (Å²) in [7, 11) is 0. The minimum Gasteiger partial charge on any atom is -0.439 e. The number of anilines is 2. The molecule has 0 aliphatic carbocycles. The number of hydrogen-bond acceptors (Lipinski definition) is 5. The Labute approximate surface area is 186 Å². The number of hydrogen-bond donors (Lipinski definition) is 2. The van der Waals surface area contributed by atoms with E-state index in [4.69, 9.17) is 28.6 Å². The fraction of sp³-hybridized carbons (Fsp3) is 0.227. The highest BCUT2D eigenvalue weighted by Crippen LogP contribution is 2.23. The van der Waals surface area contributed by atoms with Gasteiger partial charge in [-0.1, -0.05) is 41.9 Å². The molecule has 0 radical (unpaired) electrons. The largest absolute Gasteiger partial charge is 0.439 e. The minimum atomic E-state index is 0.263. The molecule has 1 fully saturated rings. The number of nitrogens with one attached hydrogen (secondary N) is 2. The maximum Gasteiger partial charge on any atom is 0.233 e. The SMILES string of the molecule is S=C(NCc1ccc(N2CCCC2)cc1)Nc1nc(Cl)cc(Oc2ccccc2)n1. The van der Waals surface area contributed by atoms with Gasteiger partial charge < -0.3 is 20.3 Å². The van der Waals surface area contributed by atoms with E-state index < -0.39 is 0 Å². The van der Waals surface area contributed by atoms with Gasteiger partial charge in [-0.15, -0.1) is 0 Å². The number of aromatic nitrogens is 2. The molecule has 0 atom stereocenters. The average molecular weight is 440 g/mol. The second-order valence-corrected chi connectivity index (χ2v) is 7.73. The first-order valence-corrected chi connectivity index (χ1v) is 10.6. The summed E-state index contributed by atoms with van der Waals surface area (Å²) in [4.78, 5) is 10.9. The molecule has 1 aromatic heterocycles. The number of rotatable bonds is 6. The summed E-state index contributed by atoms with van der Waals surface area (Å²) in [5.74, 6) is 1.27. The Bertz CT molecular complexity index is 994. The summed E-state index contributed by atoms with van der Waals surface area (Å²) in [5.41, 5.74) is 2.41. The van der Waals surface area contributed by atoms with Crippen LogP contribution in [0.5, 0.6) is 11.6 Å². The van der Waals surface area contributed by atoms with Gasteiger partial charge in [0.2, 0.25) is 11.8 Å². The van der Waals surface area contributed by atoms with Gasteiger partial charge in [0.25, 0.3) is 0 Å². The molecule has 154 valence electrons. The van der Waals surface area contributed by atoms with Crippen molar-refractivity contribution in [2.75, 3.05) is 23.3 Å². The molecular formula is C22H22ClN5OS. The molecule has 0 spiro atoms. The van der Waals surface area contributed by atoms with Gasteiger partial charge in [-0.3, -0.25) is 0 Å². The van der Waals surface area contributed by atoms with E-state index in [0.29, 0.717) is 23.3 Å². The highest BCUT2D eigenvalue weighted by molar-refractivity contribution is 7.80. The number of nitrogens with zero attached hydrogens (tertiary/aromatic N) is 3. The van der Waals surface area contributed by atoms with E-state index in [-0.39, 0.29) is 11.1 Å². The predicted molar refractivity (Wildman–Crippen MR) is 125 cm³/mol. The van der Waals surface area contributed by atoms with Gasteiger partial charge >= 0.3 is 0 Å². The summed E-state index contributed by atoms with van der Waals surface area (Å²) in [6.07, 6.45) is 2.54. The molecule has 30 heavy (non-hydrogen) atoms. The first kappa shape index (κ1) is 20.4. The molecule has 3 aromatic rings. The molecule has 0 unspecified atom stereocenters. The summed E-state index contributed by atoms with van der Waals surface area (Å²) in [5, 5.41) is 6.80. The smallest absolute Gasteiger partial charge is 0.233 e. The number of benzene rings is 2. The van der Waals surface area contributed by atoms with E-state index in [1.807, 2.05) is 30.3 Å². The van der Waals surface area contributed by atoms with Crippen LogP contribution in [0.1, 0.15) is 18.4 Å². The van der Waals surface area contributed by atoms with E-state index in [1.165, 1.54) is 18.5 Å². The van der Waals surface area contributed by atoms with Crippen molar-refractivity contribution >= 4 is 40.6 Å². The monoisotopic (exact) mass is 439 g/mol. The second-order valence-electron chi connectivity index (χ2n) is 6.94. The molecule has 8 heteroatoms. The third-order valence-electron chi connectivity index (χ3n) is 4.72. The summed E-state index contributed by atoms with van der Waals surface area (Å²) >= 11 is 11.5. The maximum atomic E-state index is 6.10. The summed E-state index contributed by atoms with van der Waals surface area (Å²) in [6, 6.07) is 19.5. The van der Waals surface area contributed by atoms with Crippen molar-refractivity contribution in [1.29, 1.82) is 0 Å². The Balaban J connectivity index is 1.32. The van der Waals surface area contributed by atoms with Gasteiger partial charge in [-0.25, -0.2) is 4.98 Å². The highest BCUT2D eigenvalue weighted by Gasteiger charge is 2.12. The van der Waals surface area contributed by atoms with Crippen LogP contribution in [0.3, 0.4) is 0 Å². The van der Waals surface area contributed by atoms with E-state index in [0.717, 1.165) is 18.7 Å². The molecule has 1 saturated heterocycles. The number of thiocarbonyl (C=S) groups is 1. The maximum absolute atomic E-state index is 6.10. The molecular weight excluding hydrogens is 418 g/mol. The van der Waals surface area contributed by atoms with Gasteiger partial charge in [0.05, 0.1) is 0 Å². The highest BCUT2D eigenvalue weighted by atomic mass is 35.5. The molecule has 1 aliphatic heterocycles. The van der Waals surface area contributed by atoms with Crippen LogP contribution in [0.15, 0.2) is 60.7 Å². The Kier molecular flexibility index (Phi) is 6.61. The van der Waals surface area contributed by atoms with E-state index in [9.17, 15) is 0 Å². The lowest BCUT2D eigenvalue weighted by Gasteiger charge is -2.18. The van der Waals surface area contributed by atoms with Crippen molar-refractivity contribution in [3.05, 3.63) is 71.4 Å². The zero-order valence-electron chi connectivity index (χ0n) is 16.3. The Hall–Kier alpha value is -2.90. The van der Waals surface area contributed by atoms with Crippen molar-refractivity contribution in [2.45, 2.75) is 19.4 Å². The number of para-hydroxylation sites is 1. The lowest BCUT2D eigenvalue weighted by atomic mass is 10.2. The molecule has 4 rings (SSSR count). The van der Waals surface area contributed by atoms with Gasteiger partial charge in [0.1, 0.15) is 10.9 Å². The fourth-order valence-electron chi connectivity index (χ4n) is 3.24. The number of ether oxygens (including phenoxy) is 1. The van der Waals surface area contributed by atoms with Crippen LogP contribution in [0.4, 0.5) is 11.6 Å². The first-order chi connectivity index (χ1) is 14.7. The molecule has 0 saturated carbocycles. The van der Waals surface area contributed by atoms with Gasteiger partial charge in [0, 0.05) is 31.4 Å². The van der Waals surface area contributed by atoms with E-state index in [1.54, 1.807) is 6.07 Å². The van der Waals surface area contributed by atoms with Crippen LogP contribution in [-0.2, 0) is 6.54 Å². The lowest BCUT2D eigenvalue weighted by Crippen LogP contribution is -2.28. The van der Waals surface area contributed by atoms with Crippen LogP contribution < -0.4 is 20.3 Å². The van der Waals surface area contributed by atoms with Gasteiger partial charge in [-0.2, -0.15) is 4.98 Å². The molecule has 6 nitrogen and oxygen atoms in total. The fourth-order valence-corrected chi connectivity index (χ4v) is 3.58. The zero-order chi connectivity index (χ0) is 20.8. The Morgan fingerprint density at radius 2 is 1.77 bits per heavy atom. The molecule has 1 aliphatic rings. The first-order valence-electron chi connectivity index (χ1n) is 9.82. The Morgan fingerprint density at radius 1 is 1.03 bits per heavy atom. The van der Waals surface area contributed by atoms with E-state index >= 15 is 0 Å². The van der Waals surface area contributed by atoms with Crippen LogP contribution in [0.2, 0.25) is 5.15 Å².